The van der Waals surface area contributed by atoms with Crippen LogP contribution < -0.4 is 10.2 Å². The SMILES string of the molecule is O=C(C[NH+]1CC=C(c2ccccc2)CC1)NC(c1ccccc1)c1ccccc1. The molecular weight excluding hydrogens is 356 g/mol. The first-order valence-corrected chi connectivity index (χ1v) is 10.3. The van der Waals surface area contributed by atoms with E-state index >= 15 is 0 Å². The van der Waals surface area contributed by atoms with Gasteiger partial charge in [0.15, 0.2) is 6.54 Å². The molecule has 1 aliphatic heterocycles. The third kappa shape index (κ3) is 5.01. The van der Waals surface area contributed by atoms with Gasteiger partial charge in [0.05, 0.1) is 19.1 Å². The largest absolute Gasteiger partial charge is 0.340 e. The Morgan fingerprint density at radius 1 is 0.828 bits per heavy atom. The molecule has 0 saturated carbocycles. The molecule has 4 rings (SSSR count). The number of carbonyl (C=O) groups is 1. The third-order valence-corrected chi connectivity index (χ3v) is 5.51. The van der Waals surface area contributed by atoms with E-state index in [4.69, 9.17) is 0 Å². The van der Waals surface area contributed by atoms with Crippen LogP contribution in [0.4, 0.5) is 0 Å². The fourth-order valence-electron chi connectivity index (χ4n) is 3.95. The number of hydrogen-bond acceptors (Lipinski definition) is 1. The molecule has 2 N–H and O–H groups in total. The van der Waals surface area contributed by atoms with Gasteiger partial charge in [-0.3, -0.25) is 4.79 Å². The van der Waals surface area contributed by atoms with Gasteiger partial charge in [0.2, 0.25) is 0 Å². The van der Waals surface area contributed by atoms with Crippen molar-refractivity contribution in [3.63, 3.8) is 0 Å². The highest BCUT2D eigenvalue weighted by molar-refractivity contribution is 5.78. The Morgan fingerprint density at radius 3 is 1.90 bits per heavy atom. The van der Waals surface area contributed by atoms with Gasteiger partial charge in [0, 0.05) is 6.42 Å². The fraction of sp³-hybridized carbons (Fsp3) is 0.192. The highest BCUT2D eigenvalue weighted by Crippen LogP contribution is 2.21. The first kappa shape index (κ1) is 19.2. The number of quaternary nitrogens is 1. The molecule has 0 bridgehead atoms. The second-order valence-corrected chi connectivity index (χ2v) is 7.55. The number of rotatable bonds is 6. The molecule has 29 heavy (non-hydrogen) atoms. The van der Waals surface area contributed by atoms with Crippen molar-refractivity contribution in [3.8, 4) is 0 Å². The van der Waals surface area contributed by atoms with Crippen molar-refractivity contribution < 1.29 is 9.69 Å². The average Bonchev–Trinajstić information content (AvgIpc) is 2.80. The number of carbonyl (C=O) groups excluding carboxylic acids is 1. The van der Waals surface area contributed by atoms with Crippen molar-refractivity contribution in [2.24, 2.45) is 0 Å². The Bertz CT molecular complexity index is 912. The standard InChI is InChI=1S/C26H26N2O/c29-25(20-28-18-16-22(17-19-28)21-10-4-1-5-11-21)27-26(23-12-6-2-7-13-23)24-14-8-3-9-15-24/h1-16,26H,17-20H2,(H,27,29)/p+1. The number of hydrogen-bond donors (Lipinski definition) is 2. The van der Waals surface area contributed by atoms with Crippen LogP contribution in [0.1, 0.15) is 29.2 Å². The first-order valence-electron chi connectivity index (χ1n) is 10.3. The van der Waals surface area contributed by atoms with Crippen LogP contribution in [-0.2, 0) is 4.79 Å². The van der Waals surface area contributed by atoms with Crippen molar-refractivity contribution in [2.75, 3.05) is 19.6 Å². The van der Waals surface area contributed by atoms with Gasteiger partial charge >= 0.3 is 0 Å². The molecule has 3 heteroatoms. The van der Waals surface area contributed by atoms with E-state index in [9.17, 15) is 4.79 Å². The summed E-state index contributed by atoms with van der Waals surface area (Å²) in [7, 11) is 0. The normalized spacial score (nSPS) is 16.3. The quantitative estimate of drug-likeness (QED) is 0.673. The Hall–Kier alpha value is -3.17. The van der Waals surface area contributed by atoms with Crippen LogP contribution in [0, 0.1) is 0 Å². The van der Waals surface area contributed by atoms with Crippen LogP contribution in [0.2, 0.25) is 0 Å². The van der Waals surface area contributed by atoms with E-state index in [1.165, 1.54) is 16.0 Å². The van der Waals surface area contributed by atoms with E-state index in [0.29, 0.717) is 6.54 Å². The molecule has 0 aliphatic carbocycles. The number of amides is 1. The number of benzene rings is 3. The smallest absolute Gasteiger partial charge is 0.275 e. The molecule has 1 atom stereocenters. The third-order valence-electron chi connectivity index (χ3n) is 5.51. The Morgan fingerprint density at radius 2 is 1.38 bits per heavy atom. The van der Waals surface area contributed by atoms with Crippen molar-refractivity contribution in [3.05, 3.63) is 114 Å². The molecule has 0 saturated heterocycles. The summed E-state index contributed by atoms with van der Waals surface area (Å²) >= 11 is 0. The molecule has 0 aromatic heterocycles. The van der Waals surface area contributed by atoms with Gasteiger partial charge < -0.3 is 10.2 Å². The summed E-state index contributed by atoms with van der Waals surface area (Å²) < 4.78 is 0. The molecule has 0 spiro atoms. The lowest BCUT2D eigenvalue weighted by Gasteiger charge is -2.25. The van der Waals surface area contributed by atoms with Gasteiger partial charge in [0.25, 0.3) is 5.91 Å². The zero-order valence-corrected chi connectivity index (χ0v) is 16.6. The Balaban J connectivity index is 1.41. The molecule has 3 aromatic carbocycles. The molecule has 0 radical (unpaired) electrons. The first-order chi connectivity index (χ1) is 14.3. The summed E-state index contributed by atoms with van der Waals surface area (Å²) in [4.78, 5) is 14.2. The lowest BCUT2D eigenvalue weighted by atomic mass is 9.98. The lowest BCUT2D eigenvalue weighted by Crippen LogP contribution is -3.13. The van der Waals surface area contributed by atoms with E-state index in [0.717, 1.165) is 30.6 Å². The van der Waals surface area contributed by atoms with Crippen molar-refractivity contribution in [2.45, 2.75) is 12.5 Å². The highest BCUT2D eigenvalue weighted by atomic mass is 16.2. The maximum absolute atomic E-state index is 12.9. The average molecular weight is 384 g/mol. The van der Waals surface area contributed by atoms with Gasteiger partial charge in [-0.1, -0.05) is 91.0 Å². The van der Waals surface area contributed by atoms with Crippen molar-refractivity contribution in [1.82, 2.24) is 5.32 Å². The molecule has 1 heterocycles. The van der Waals surface area contributed by atoms with Crippen LogP contribution in [-0.4, -0.2) is 25.5 Å². The second-order valence-electron chi connectivity index (χ2n) is 7.55. The number of nitrogens with one attached hydrogen (secondary N) is 2. The van der Waals surface area contributed by atoms with Gasteiger partial charge in [-0.2, -0.15) is 0 Å². The van der Waals surface area contributed by atoms with Gasteiger partial charge in [0.1, 0.15) is 0 Å². The monoisotopic (exact) mass is 383 g/mol. The summed E-state index contributed by atoms with van der Waals surface area (Å²) in [6.45, 7) is 2.36. The maximum Gasteiger partial charge on any atom is 0.275 e. The van der Waals surface area contributed by atoms with Crippen LogP contribution in [0.5, 0.6) is 0 Å². The summed E-state index contributed by atoms with van der Waals surface area (Å²) in [6, 6.07) is 30.8. The molecule has 1 unspecified atom stereocenters. The van der Waals surface area contributed by atoms with Crippen molar-refractivity contribution >= 4 is 11.5 Å². The van der Waals surface area contributed by atoms with E-state index in [1.807, 2.05) is 42.5 Å². The van der Waals surface area contributed by atoms with Gasteiger partial charge in [-0.05, 0) is 28.3 Å². The summed E-state index contributed by atoms with van der Waals surface area (Å²) in [6.07, 6.45) is 3.29. The predicted molar refractivity (Wildman–Crippen MR) is 117 cm³/mol. The zero-order valence-electron chi connectivity index (χ0n) is 16.6. The Kier molecular flexibility index (Phi) is 6.18. The van der Waals surface area contributed by atoms with Crippen molar-refractivity contribution in [1.29, 1.82) is 0 Å². The molecule has 1 amide bonds. The minimum absolute atomic E-state index is 0.0919. The second kappa shape index (κ2) is 9.35. The highest BCUT2D eigenvalue weighted by Gasteiger charge is 2.22. The molecule has 146 valence electrons. The molecule has 1 aliphatic rings. The van der Waals surface area contributed by atoms with Gasteiger partial charge in [-0.25, -0.2) is 0 Å². The van der Waals surface area contributed by atoms with Crippen LogP contribution >= 0.6 is 0 Å². The minimum Gasteiger partial charge on any atom is -0.340 e. The van der Waals surface area contributed by atoms with Crippen LogP contribution in [0.15, 0.2) is 97.1 Å². The summed E-state index contributed by atoms with van der Waals surface area (Å²) in [5.74, 6) is 0.0919. The Labute approximate surface area is 172 Å². The van der Waals surface area contributed by atoms with E-state index in [1.54, 1.807) is 0 Å². The van der Waals surface area contributed by atoms with Gasteiger partial charge in [-0.15, -0.1) is 0 Å². The predicted octanol–water partition coefficient (Wildman–Crippen LogP) is 3.26. The lowest BCUT2D eigenvalue weighted by molar-refractivity contribution is -0.886. The topological polar surface area (TPSA) is 33.5 Å². The molecule has 0 fully saturated rings. The molecule has 3 aromatic rings. The molecular formula is C26H27N2O+. The molecule has 3 nitrogen and oxygen atoms in total. The fourth-order valence-corrected chi connectivity index (χ4v) is 3.95. The maximum atomic E-state index is 12.9. The zero-order chi connectivity index (χ0) is 19.9. The summed E-state index contributed by atoms with van der Waals surface area (Å²) in [5, 5.41) is 3.26. The van der Waals surface area contributed by atoms with Crippen LogP contribution in [0.25, 0.3) is 5.57 Å². The van der Waals surface area contributed by atoms with E-state index < -0.39 is 0 Å². The van der Waals surface area contributed by atoms with E-state index in [2.05, 4.69) is 59.9 Å². The summed E-state index contributed by atoms with van der Waals surface area (Å²) in [5.41, 5.74) is 4.89. The van der Waals surface area contributed by atoms with Crippen LogP contribution in [0.3, 0.4) is 0 Å². The minimum atomic E-state index is -0.121. The van der Waals surface area contributed by atoms with E-state index in [-0.39, 0.29) is 11.9 Å².